The van der Waals surface area contributed by atoms with Crippen LogP contribution in [0.4, 0.5) is 18.9 Å². The van der Waals surface area contributed by atoms with Crippen molar-refractivity contribution in [1.29, 1.82) is 0 Å². The first-order valence-corrected chi connectivity index (χ1v) is 9.13. The van der Waals surface area contributed by atoms with Gasteiger partial charge >= 0.3 is 12.1 Å². The maximum Gasteiger partial charge on any atom is 0.435 e. The lowest BCUT2D eigenvalue weighted by Gasteiger charge is -2.14. The van der Waals surface area contributed by atoms with E-state index in [1.54, 1.807) is 0 Å². The van der Waals surface area contributed by atoms with Crippen molar-refractivity contribution in [3.8, 4) is 0 Å². The molecule has 1 aromatic heterocycles. The number of rotatable bonds is 5. The minimum atomic E-state index is -4.88. The van der Waals surface area contributed by atoms with Crippen molar-refractivity contribution in [2.75, 3.05) is 11.9 Å². The van der Waals surface area contributed by atoms with E-state index in [0.717, 1.165) is 21.3 Å². The Hall–Kier alpha value is -2.36. The van der Waals surface area contributed by atoms with E-state index in [1.165, 1.54) is 6.92 Å². The minimum absolute atomic E-state index is 0.118. The predicted octanol–water partition coefficient (Wildman–Crippen LogP) is 4.41. The molecule has 0 unspecified atom stereocenters. The Kier molecular flexibility index (Phi) is 6.53. The van der Waals surface area contributed by atoms with Gasteiger partial charge in [-0.2, -0.15) is 13.2 Å². The molecule has 0 atom stereocenters. The van der Waals surface area contributed by atoms with Gasteiger partial charge in [0, 0.05) is 5.69 Å². The maximum absolute atomic E-state index is 13.3. The number of halogens is 4. The van der Waals surface area contributed by atoms with Crippen molar-refractivity contribution in [3.05, 3.63) is 44.9 Å². The number of nitrogens with one attached hydrogen (secondary N) is 1. The third kappa shape index (κ3) is 4.73. The largest absolute Gasteiger partial charge is 0.461 e. The molecular weight excluding hydrogens is 443 g/mol. The molecule has 0 aliphatic heterocycles. The second-order valence-electron chi connectivity index (χ2n) is 6.20. The number of aromatic nitrogens is 2. The molecule has 1 amide bonds. The number of hydrogen-bond donors (Lipinski definition) is 1. The van der Waals surface area contributed by atoms with Crippen LogP contribution in [0.3, 0.4) is 0 Å². The van der Waals surface area contributed by atoms with E-state index in [0.29, 0.717) is 5.69 Å². The first-order valence-electron chi connectivity index (χ1n) is 8.33. The summed E-state index contributed by atoms with van der Waals surface area (Å²) in [4.78, 5) is 28.0. The molecule has 152 valence electrons. The Morgan fingerprint density at radius 3 is 2.29 bits per heavy atom. The van der Waals surface area contributed by atoms with Gasteiger partial charge in [-0.25, -0.2) is 9.78 Å². The van der Waals surface area contributed by atoms with Gasteiger partial charge in [-0.15, -0.1) is 0 Å². The van der Waals surface area contributed by atoms with Crippen LogP contribution in [0, 0.1) is 20.8 Å². The van der Waals surface area contributed by atoms with Gasteiger partial charge in [-0.3, -0.25) is 4.79 Å². The molecule has 1 aromatic carbocycles. The number of alkyl halides is 3. The van der Waals surface area contributed by atoms with Gasteiger partial charge in [0.1, 0.15) is 6.54 Å². The summed E-state index contributed by atoms with van der Waals surface area (Å²) in [5.41, 5.74) is 0.988. The van der Waals surface area contributed by atoms with Crippen molar-refractivity contribution < 1.29 is 27.5 Å². The molecule has 0 fully saturated rings. The van der Waals surface area contributed by atoms with Crippen molar-refractivity contribution in [1.82, 2.24) is 9.55 Å². The van der Waals surface area contributed by atoms with E-state index in [4.69, 9.17) is 4.74 Å². The average Bonchev–Trinajstić information content (AvgIpc) is 2.88. The van der Waals surface area contributed by atoms with E-state index in [9.17, 15) is 22.8 Å². The monoisotopic (exact) mass is 461 g/mol. The van der Waals surface area contributed by atoms with Crippen LogP contribution in [-0.2, 0) is 22.3 Å². The Morgan fingerprint density at radius 2 is 1.79 bits per heavy atom. The SMILES string of the molecule is CCOC(=O)c1c(C(F)(F)F)nc(Br)n1CC(=O)Nc1c(C)cc(C)cc1C. The number of carbonyl (C=O) groups excluding carboxylic acids is 2. The zero-order valence-electron chi connectivity index (χ0n) is 15.7. The van der Waals surface area contributed by atoms with Gasteiger partial charge in [0.05, 0.1) is 6.61 Å². The molecule has 0 radical (unpaired) electrons. The summed E-state index contributed by atoms with van der Waals surface area (Å²) in [5.74, 6) is -1.81. The lowest BCUT2D eigenvalue weighted by Crippen LogP contribution is -2.24. The summed E-state index contributed by atoms with van der Waals surface area (Å²) in [7, 11) is 0. The van der Waals surface area contributed by atoms with E-state index in [-0.39, 0.29) is 11.3 Å². The van der Waals surface area contributed by atoms with Gasteiger partial charge in [0.25, 0.3) is 0 Å². The standard InChI is InChI=1S/C18H19BrF3N3O3/c1-5-28-16(27)14-15(18(20,21)22)24-17(19)25(14)8-12(26)23-13-10(3)6-9(2)7-11(13)4/h6-7H,5,8H2,1-4H3,(H,23,26). The molecule has 0 saturated carbocycles. The van der Waals surface area contributed by atoms with E-state index >= 15 is 0 Å². The number of imidazole rings is 1. The molecule has 10 heteroatoms. The zero-order valence-corrected chi connectivity index (χ0v) is 17.3. The van der Waals surface area contributed by atoms with Crippen molar-refractivity contribution in [3.63, 3.8) is 0 Å². The van der Waals surface area contributed by atoms with Crippen LogP contribution < -0.4 is 5.32 Å². The second-order valence-corrected chi connectivity index (χ2v) is 6.91. The van der Waals surface area contributed by atoms with Gasteiger partial charge in [0.2, 0.25) is 5.91 Å². The van der Waals surface area contributed by atoms with Crippen LogP contribution >= 0.6 is 15.9 Å². The molecule has 0 aliphatic rings. The second kappa shape index (κ2) is 8.34. The van der Waals surface area contributed by atoms with E-state index in [1.807, 2.05) is 32.9 Å². The molecule has 28 heavy (non-hydrogen) atoms. The minimum Gasteiger partial charge on any atom is -0.461 e. The topological polar surface area (TPSA) is 73.2 Å². The number of hydrogen-bond acceptors (Lipinski definition) is 4. The average molecular weight is 462 g/mol. The summed E-state index contributed by atoms with van der Waals surface area (Å²) < 4.78 is 45.1. The maximum atomic E-state index is 13.3. The number of nitrogens with zero attached hydrogens (tertiary/aromatic N) is 2. The molecule has 1 heterocycles. The Labute approximate surface area is 168 Å². The molecule has 0 spiro atoms. The highest BCUT2D eigenvalue weighted by Crippen LogP contribution is 2.33. The molecule has 2 rings (SSSR count). The summed E-state index contributed by atoms with van der Waals surface area (Å²) >= 11 is 2.90. The number of benzene rings is 1. The molecule has 0 saturated heterocycles. The highest BCUT2D eigenvalue weighted by Gasteiger charge is 2.42. The fraction of sp³-hybridized carbons (Fsp3) is 0.389. The van der Waals surface area contributed by atoms with Gasteiger partial charge in [-0.1, -0.05) is 17.7 Å². The van der Waals surface area contributed by atoms with Crippen molar-refractivity contribution >= 4 is 33.5 Å². The zero-order chi connectivity index (χ0) is 21.2. The predicted molar refractivity (Wildman–Crippen MR) is 100 cm³/mol. The third-order valence-electron chi connectivity index (χ3n) is 3.90. The van der Waals surface area contributed by atoms with Crippen molar-refractivity contribution in [2.24, 2.45) is 0 Å². The Morgan fingerprint density at radius 1 is 1.21 bits per heavy atom. The number of esters is 1. The summed E-state index contributed by atoms with van der Waals surface area (Å²) in [6.07, 6.45) is -4.88. The summed E-state index contributed by atoms with van der Waals surface area (Å²) in [6, 6.07) is 3.75. The fourth-order valence-electron chi connectivity index (χ4n) is 2.87. The number of aryl methyl sites for hydroxylation is 3. The Bertz CT molecular complexity index is 900. The molecule has 1 N–H and O–H groups in total. The normalized spacial score (nSPS) is 11.4. The van der Waals surface area contributed by atoms with Gasteiger partial charge in [-0.05, 0) is 54.8 Å². The van der Waals surface area contributed by atoms with Crippen LogP contribution in [0.15, 0.2) is 16.9 Å². The van der Waals surface area contributed by atoms with Crippen LogP contribution in [0.2, 0.25) is 0 Å². The lowest BCUT2D eigenvalue weighted by molar-refractivity contribution is -0.141. The van der Waals surface area contributed by atoms with Crippen LogP contribution in [0.5, 0.6) is 0 Å². The summed E-state index contributed by atoms with van der Waals surface area (Å²) in [6.45, 7) is 6.34. The number of amides is 1. The number of anilines is 1. The van der Waals surface area contributed by atoms with Crippen molar-refractivity contribution in [2.45, 2.75) is 40.4 Å². The molecule has 0 bridgehead atoms. The van der Waals surface area contributed by atoms with E-state index < -0.39 is 36.0 Å². The van der Waals surface area contributed by atoms with Crippen LogP contribution in [-0.4, -0.2) is 28.0 Å². The van der Waals surface area contributed by atoms with Gasteiger partial charge in [0.15, 0.2) is 16.1 Å². The molecular formula is C18H19BrF3N3O3. The fourth-order valence-corrected chi connectivity index (χ4v) is 3.35. The van der Waals surface area contributed by atoms with Crippen LogP contribution in [0.25, 0.3) is 0 Å². The lowest BCUT2D eigenvalue weighted by atomic mass is 10.1. The Balaban J connectivity index is 2.39. The molecule has 0 aliphatic carbocycles. The number of carbonyl (C=O) groups is 2. The third-order valence-corrected chi connectivity index (χ3v) is 4.51. The van der Waals surface area contributed by atoms with Gasteiger partial charge < -0.3 is 14.6 Å². The highest BCUT2D eigenvalue weighted by atomic mass is 79.9. The first-order chi connectivity index (χ1) is 13.0. The molecule has 2 aromatic rings. The molecule has 6 nitrogen and oxygen atoms in total. The van der Waals surface area contributed by atoms with Crippen LogP contribution in [0.1, 0.15) is 39.8 Å². The summed E-state index contributed by atoms with van der Waals surface area (Å²) in [5, 5.41) is 2.69. The number of ether oxygens (including phenoxy) is 1. The van der Waals surface area contributed by atoms with E-state index in [2.05, 4.69) is 26.2 Å². The first kappa shape index (κ1) is 21.9. The smallest absolute Gasteiger partial charge is 0.435 e. The highest BCUT2D eigenvalue weighted by molar-refractivity contribution is 9.10. The quantitative estimate of drug-likeness (QED) is 0.669.